The molecular weight excluding hydrogens is 440 g/mol. The molecule has 0 radical (unpaired) electrons. The molecule has 150 valence electrons. The van der Waals surface area contributed by atoms with E-state index in [9.17, 15) is 9.59 Å². The first kappa shape index (κ1) is 22.4. The van der Waals surface area contributed by atoms with E-state index >= 15 is 0 Å². The fourth-order valence-electron chi connectivity index (χ4n) is 2.76. The molecule has 2 rings (SSSR count). The minimum Gasteiger partial charge on any atom is -0.352 e. The Morgan fingerprint density at radius 1 is 1.11 bits per heavy atom. The molecule has 0 aliphatic carbocycles. The van der Waals surface area contributed by atoms with Crippen LogP contribution in [-0.4, -0.2) is 28.8 Å². The molecule has 0 heterocycles. The lowest BCUT2D eigenvalue weighted by Gasteiger charge is -2.30. The number of nitrogens with zero attached hydrogens (tertiary/aromatic N) is 1. The molecule has 0 spiro atoms. The molecule has 0 bridgehead atoms. The lowest BCUT2D eigenvalue weighted by molar-refractivity contribution is -0.140. The second-order valence-corrected chi connectivity index (χ2v) is 8.30. The largest absolute Gasteiger partial charge is 0.352 e. The van der Waals surface area contributed by atoms with Crippen molar-refractivity contribution in [2.45, 2.75) is 52.2 Å². The van der Waals surface area contributed by atoms with Gasteiger partial charge in [-0.2, -0.15) is 0 Å². The van der Waals surface area contributed by atoms with Crippen LogP contribution in [0.25, 0.3) is 0 Å². The topological polar surface area (TPSA) is 49.4 Å². The van der Waals surface area contributed by atoms with Crippen molar-refractivity contribution < 1.29 is 9.59 Å². The van der Waals surface area contributed by atoms with Gasteiger partial charge in [0, 0.05) is 22.1 Å². The van der Waals surface area contributed by atoms with Gasteiger partial charge in [-0.3, -0.25) is 9.59 Å². The van der Waals surface area contributed by atoms with E-state index in [1.165, 1.54) is 0 Å². The van der Waals surface area contributed by atoms with Gasteiger partial charge in [0.2, 0.25) is 11.8 Å². The Morgan fingerprint density at radius 3 is 2.39 bits per heavy atom. The van der Waals surface area contributed by atoms with Gasteiger partial charge in [0.1, 0.15) is 6.04 Å². The Hall–Kier alpha value is -1.85. The molecule has 4 nitrogen and oxygen atoms in total. The number of rotatable bonds is 8. The molecule has 0 fully saturated rings. The maximum atomic E-state index is 13.1. The molecule has 2 aromatic carbocycles. The van der Waals surface area contributed by atoms with Gasteiger partial charge in [0.15, 0.2) is 0 Å². The third-order valence-corrected chi connectivity index (χ3v) is 5.44. The van der Waals surface area contributed by atoms with Crippen LogP contribution in [0.15, 0.2) is 53.0 Å². The van der Waals surface area contributed by atoms with Crippen LogP contribution in [-0.2, 0) is 22.6 Å². The third-order valence-electron chi connectivity index (χ3n) is 4.68. The van der Waals surface area contributed by atoms with E-state index in [1.807, 2.05) is 50.2 Å². The molecule has 0 aliphatic heterocycles. The average molecular weight is 466 g/mol. The van der Waals surface area contributed by atoms with E-state index in [1.54, 1.807) is 24.0 Å². The summed E-state index contributed by atoms with van der Waals surface area (Å²) in [5, 5.41) is 3.56. The number of hydrogen-bond donors (Lipinski definition) is 1. The zero-order valence-corrected chi connectivity index (χ0v) is 18.8. The van der Waals surface area contributed by atoms with Gasteiger partial charge in [-0.05, 0) is 55.7 Å². The van der Waals surface area contributed by atoms with Crippen LogP contribution in [0, 0.1) is 0 Å². The lowest BCUT2D eigenvalue weighted by atomic mass is 10.1. The van der Waals surface area contributed by atoms with Crippen molar-refractivity contribution in [3.8, 4) is 0 Å². The Balaban J connectivity index is 2.22. The summed E-state index contributed by atoms with van der Waals surface area (Å²) in [5.74, 6) is -0.261. The standard InChI is InChI=1S/C22H26BrClN2O2/c1-4-15(2)25-22(28)16(3)26(14-17-8-10-19(23)11-9-17)21(27)13-18-6-5-7-20(24)12-18/h5-12,15-16H,4,13-14H2,1-3H3,(H,25,28)/t15-,16-/m1/s1. The number of carbonyl (C=O) groups is 2. The van der Waals surface area contributed by atoms with Gasteiger partial charge in [-0.1, -0.05) is 58.7 Å². The molecule has 0 aliphatic rings. The minimum absolute atomic E-state index is 0.0625. The second-order valence-electron chi connectivity index (χ2n) is 6.95. The Bertz CT molecular complexity index is 810. The minimum atomic E-state index is -0.579. The highest BCUT2D eigenvalue weighted by atomic mass is 79.9. The lowest BCUT2D eigenvalue weighted by Crippen LogP contribution is -2.49. The number of amides is 2. The normalized spacial score (nSPS) is 12.9. The fourth-order valence-corrected chi connectivity index (χ4v) is 3.23. The first-order valence-corrected chi connectivity index (χ1v) is 10.6. The number of halogens is 2. The molecule has 0 aromatic heterocycles. The number of benzene rings is 2. The second kappa shape index (κ2) is 10.6. The zero-order chi connectivity index (χ0) is 20.7. The van der Waals surface area contributed by atoms with Crippen molar-refractivity contribution >= 4 is 39.3 Å². The summed E-state index contributed by atoms with van der Waals surface area (Å²) in [7, 11) is 0. The van der Waals surface area contributed by atoms with Gasteiger partial charge in [-0.25, -0.2) is 0 Å². The molecule has 0 saturated carbocycles. The van der Waals surface area contributed by atoms with E-state index in [2.05, 4.69) is 21.2 Å². The SMILES string of the molecule is CC[C@@H](C)NC(=O)[C@@H](C)N(Cc1ccc(Br)cc1)C(=O)Cc1cccc(Cl)c1. The fraction of sp³-hybridized carbons (Fsp3) is 0.364. The highest BCUT2D eigenvalue weighted by Crippen LogP contribution is 2.17. The maximum absolute atomic E-state index is 13.1. The molecule has 6 heteroatoms. The molecule has 0 unspecified atom stereocenters. The molecule has 0 saturated heterocycles. The summed E-state index contributed by atoms with van der Waals surface area (Å²) in [6.07, 6.45) is 1.03. The van der Waals surface area contributed by atoms with Gasteiger partial charge in [0.05, 0.1) is 6.42 Å². The van der Waals surface area contributed by atoms with E-state index in [4.69, 9.17) is 11.6 Å². The monoisotopic (exact) mass is 464 g/mol. The summed E-state index contributed by atoms with van der Waals surface area (Å²) in [4.78, 5) is 27.4. The molecule has 2 atom stereocenters. The quantitative estimate of drug-likeness (QED) is 0.598. The van der Waals surface area contributed by atoms with Gasteiger partial charge in [-0.15, -0.1) is 0 Å². The first-order valence-electron chi connectivity index (χ1n) is 9.39. The van der Waals surface area contributed by atoms with E-state index in [0.717, 1.165) is 22.0 Å². The molecule has 1 N–H and O–H groups in total. The number of nitrogens with one attached hydrogen (secondary N) is 1. The number of hydrogen-bond acceptors (Lipinski definition) is 2. The zero-order valence-electron chi connectivity index (χ0n) is 16.4. The van der Waals surface area contributed by atoms with E-state index < -0.39 is 6.04 Å². The van der Waals surface area contributed by atoms with Crippen molar-refractivity contribution in [1.82, 2.24) is 10.2 Å². The summed E-state index contributed by atoms with van der Waals surface area (Å²) in [6.45, 7) is 6.10. The van der Waals surface area contributed by atoms with Crippen molar-refractivity contribution in [1.29, 1.82) is 0 Å². The van der Waals surface area contributed by atoms with E-state index in [0.29, 0.717) is 11.6 Å². The first-order chi connectivity index (χ1) is 13.3. The van der Waals surface area contributed by atoms with Gasteiger partial charge < -0.3 is 10.2 Å². The summed E-state index contributed by atoms with van der Waals surface area (Å²) in [6, 6.07) is 14.5. The molecule has 28 heavy (non-hydrogen) atoms. The van der Waals surface area contributed by atoms with Crippen LogP contribution in [0.3, 0.4) is 0 Å². The summed E-state index contributed by atoms with van der Waals surface area (Å²) in [5.41, 5.74) is 1.79. The van der Waals surface area contributed by atoms with Crippen molar-refractivity contribution in [3.63, 3.8) is 0 Å². The van der Waals surface area contributed by atoms with Crippen LogP contribution in [0.5, 0.6) is 0 Å². The van der Waals surface area contributed by atoms with Crippen LogP contribution < -0.4 is 5.32 Å². The van der Waals surface area contributed by atoms with Crippen molar-refractivity contribution in [2.24, 2.45) is 0 Å². The highest BCUT2D eigenvalue weighted by Gasteiger charge is 2.26. The van der Waals surface area contributed by atoms with E-state index in [-0.39, 0.29) is 24.3 Å². The summed E-state index contributed by atoms with van der Waals surface area (Å²) < 4.78 is 0.968. The number of carbonyl (C=O) groups excluding carboxylic acids is 2. The van der Waals surface area contributed by atoms with Crippen LogP contribution >= 0.6 is 27.5 Å². The smallest absolute Gasteiger partial charge is 0.242 e. The third kappa shape index (κ3) is 6.64. The van der Waals surface area contributed by atoms with Gasteiger partial charge >= 0.3 is 0 Å². The Morgan fingerprint density at radius 2 is 1.79 bits per heavy atom. The molecule has 2 amide bonds. The highest BCUT2D eigenvalue weighted by molar-refractivity contribution is 9.10. The van der Waals surface area contributed by atoms with Crippen LogP contribution in [0.4, 0.5) is 0 Å². The Labute approximate surface area is 180 Å². The Kier molecular flexibility index (Phi) is 8.52. The molecule has 2 aromatic rings. The van der Waals surface area contributed by atoms with Crippen LogP contribution in [0.1, 0.15) is 38.3 Å². The van der Waals surface area contributed by atoms with Crippen LogP contribution in [0.2, 0.25) is 5.02 Å². The molecular formula is C22H26BrClN2O2. The average Bonchev–Trinajstić information content (AvgIpc) is 2.66. The summed E-state index contributed by atoms with van der Waals surface area (Å²) >= 11 is 9.47. The maximum Gasteiger partial charge on any atom is 0.242 e. The van der Waals surface area contributed by atoms with Crippen molar-refractivity contribution in [2.75, 3.05) is 0 Å². The predicted octanol–water partition coefficient (Wildman–Crippen LogP) is 4.98. The predicted molar refractivity (Wildman–Crippen MR) is 117 cm³/mol. The van der Waals surface area contributed by atoms with Crippen molar-refractivity contribution in [3.05, 3.63) is 69.2 Å². The van der Waals surface area contributed by atoms with Gasteiger partial charge in [0.25, 0.3) is 0 Å².